The zero-order valence-electron chi connectivity index (χ0n) is 18.3. The number of halogens is 1. The summed E-state index contributed by atoms with van der Waals surface area (Å²) in [4.78, 5) is 26.9. The molecule has 1 saturated heterocycles. The molecule has 2 aromatic rings. The first-order chi connectivity index (χ1) is 14.9. The lowest BCUT2D eigenvalue weighted by atomic mass is 10.3. The second kappa shape index (κ2) is 11.0. The summed E-state index contributed by atoms with van der Waals surface area (Å²) in [7, 11) is 0. The van der Waals surface area contributed by atoms with Gasteiger partial charge in [0.25, 0.3) is 11.8 Å². The van der Waals surface area contributed by atoms with Crippen LogP contribution in [0.3, 0.4) is 0 Å². The van der Waals surface area contributed by atoms with Crippen molar-refractivity contribution < 1.29 is 23.8 Å². The number of piperazine rings is 1. The van der Waals surface area contributed by atoms with Crippen LogP contribution in [0.5, 0.6) is 0 Å². The van der Waals surface area contributed by atoms with E-state index in [1.807, 2.05) is 18.5 Å². The van der Waals surface area contributed by atoms with Gasteiger partial charge in [-0.15, -0.1) is 0 Å². The summed E-state index contributed by atoms with van der Waals surface area (Å²) in [5.74, 6) is -0.332. The lowest BCUT2D eigenvalue weighted by Gasteiger charge is -2.28. The maximum absolute atomic E-state index is 12.9. The predicted octanol–water partition coefficient (Wildman–Crippen LogP) is -1.43. The van der Waals surface area contributed by atoms with Crippen molar-refractivity contribution in [1.29, 1.82) is 0 Å². The van der Waals surface area contributed by atoms with Gasteiger partial charge in [-0.1, -0.05) is 0 Å². The number of carbonyl (C=O) groups is 2. The van der Waals surface area contributed by atoms with Crippen LogP contribution in [0.4, 0.5) is 10.1 Å². The molecule has 0 spiro atoms. The Bertz CT molecular complexity index is 875. The average molecular weight is 433 g/mol. The number of nitrogens with zero attached hydrogens (tertiary/aromatic N) is 2. The zero-order chi connectivity index (χ0) is 22.2. The third-order valence-electron chi connectivity index (χ3n) is 5.59. The van der Waals surface area contributed by atoms with E-state index in [2.05, 4.69) is 21.8 Å². The Hall–Kier alpha value is -2.78. The van der Waals surface area contributed by atoms with E-state index in [-0.39, 0.29) is 17.6 Å². The number of anilines is 1. The number of aryl methyl sites for hydroxylation is 3. The molecule has 4 N–H and O–H groups in total. The van der Waals surface area contributed by atoms with Crippen LogP contribution >= 0.6 is 0 Å². The molecule has 0 radical (unpaired) electrons. The van der Waals surface area contributed by atoms with E-state index in [4.69, 9.17) is 0 Å². The quantitative estimate of drug-likeness (QED) is 0.367. The zero-order valence-corrected chi connectivity index (χ0v) is 18.3. The minimum absolute atomic E-state index is 0.0703. The first-order valence-corrected chi connectivity index (χ1v) is 10.9. The van der Waals surface area contributed by atoms with Gasteiger partial charge in [-0.05, 0) is 50.6 Å². The highest BCUT2D eigenvalue weighted by atomic mass is 19.1. The molecule has 2 amide bonds. The Morgan fingerprint density at radius 2 is 1.65 bits per heavy atom. The van der Waals surface area contributed by atoms with Gasteiger partial charge >= 0.3 is 0 Å². The summed E-state index contributed by atoms with van der Waals surface area (Å²) in [5, 5.41) is 10.2. The Labute approximate surface area is 182 Å². The first kappa shape index (κ1) is 22.9. The number of nitrogens with one attached hydrogen (secondary N) is 4. The Morgan fingerprint density at radius 1 is 1.03 bits per heavy atom. The van der Waals surface area contributed by atoms with E-state index in [0.29, 0.717) is 25.3 Å². The standard InChI is InChI=1S/C22H31FN6O2/c1-17-14-18(2)29(26-17)9-3-8-24-21(30)15-27-10-12-28(13-11-27)16-22(31)25-20-6-4-19(23)5-7-20/h4-7,14H,3,8-13,15-16H2,1-2H3,(H,24,30)(H,25,31)/p+2. The summed E-state index contributed by atoms with van der Waals surface area (Å²) in [6.07, 6.45) is 0.851. The van der Waals surface area contributed by atoms with E-state index >= 15 is 0 Å². The monoisotopic (exact) mass is 432 g/mol. The second-order valence-corrected chi connectivity index (χ2v) is 8.26. The normalized spacial score (nSPS) is 18.5. The molecule has 1 aliphatic heterocycles. The van der Waals surface area contributed by atoms with Crippen molar-refractivity contribution >= 4 is 17.5 Å². The van der Waals surface area contributed by atoms with Crippen LogP contribution in [0.25, 0.3) is 0 Å². The molecular formula is C22H33FN6O2+2. The summed E-state index contributed by atoms with van der Waals surface area (Å²) < 4.78 is 14.9. The molecule has 1 aromatic carbocycles. The first-order valence-electron chi connectivity index (χ1n) is 10.9. The van der Waals surface area contributed by atoms with Crippen LogP contribution in [0, 0.1) is 19.7 Å². The van der Waals surface area contributed by atoms with E-state index in [9.17, 15) is 14.0 Å². The van der Waals surface area contributed by atoms with Gasteiger partial charge in [0.1, 0.15) is 32.0 Å². The number of amides is 2. The molecule has 8 nitrogen and oxygen atoms in total. The maximum atomic E-state index is 12.9. The fourth-order valence-electron chi connectivity index (χ4n) is 3.92. The lowest BCUT2D eigenvalue weighted by Crippen LogP contribution is -3.28. The van der Waals surface area contributed by atoms with Crippen molar-refractivity contribution in [2.75, 3.05) is 51.1 Å². The van der Waals surface area contributed by atoms with Gasteiger partial charge < -0.3 is 20.4 Å². The van der Waals surface area contributed by atoms with Crippen molar-refractivity contribution in [1.82, 2.24) is 15.1 Å². The molecule has 0 aliphatic carbocycles. The summed E-state index contributed by atoms with van der Waals surface area (Å²) in [6.45, 7) is 9.72. The lowest BCUT2D eigenvalue weighted by molar-refractivity contribution is -1.00. The van der Waals surface area contributed by atoms with Gasteiger partial charge in [0.05, 0.1) is 5.69 Å². The molecule has 1 aromatic heterocycles. The van der Waals surface area contributed by atoms with Crippen LogP contribution in [-0.4, -0.2) is 67.4 Å². The SMILES string of the molecule is Cc1cc(C)n(CCCNC(=O)C[NH+]2CC[NH+](CC(=O)Nc3ccc(F)cc3)CC2)n1. The number of rotatable bonds is 9. The van der Waals surface area contributed by atoms with Gasteiger partial charge in [0.2, 0.25) is 0 Å². The molecule has 9 heteroatoms. The van der Waals surface area contributed by atoms with Gasteiger partial charge in [-0.2, -0.15) is 5.10 Å². The maximum Gasteiger partial charge on any atom is 0.279 e. The number of benzene rings is 1. The van der Waals surface area contributed by atoms with Crippen molar-refractivity contribution in [3.63, 3.8) is 0 Å². The van der Waals surface area contributed by atoms with Gasteiger partial charge in [0.15, 0.2) is 13.1 Å². The third-order valence-corrected chi connectivity index (χ3v) is 5.59. The number of aromatic nitrogens is 2. The highest BCUT2D eigenvalue weighted by molar-refractivity contribution is 5.91. The minimum atomic E-state index is -0.324. The Morgan fingerprint density at radius 3 is 2.23 bits per heavy atom. The van der Waals surface area contributed by atoms with Crippen molar-refractivity contribution in [3.05, 3.63) is 47.5 Å². The largest absolute Gasteiger partial charge is 0.351 e. The van der Waals surface area contributed by atoms with E-state index in [1.165, 1.54) is 21.9 Å². The molecule has 31 heavy (non-hydrogen) atoms. The highest BCUT2D eigenvalue weighted by Gasteiger charge is 2.26. The number of quaternary nitrogens is 2. The smallest absolute Gasteiger partial charge is 0.279 e. The molecule has 2 heterocycles. The van der Waals surface area contributed by atoms with Gasteiger partial charge in [0, 0.05) is 24.5 Å². The molecule has 1 fully saturated rings. The van der Waals surface area contributed by atoms with Crippen molar-refractivity contribution in [3.8, 4) is 0 Å². The fraction of sp³-hybridized carbons (Fsp3) is 0.500. The van der Waals surface area contributed by atoms with Crippen molar-refractivity contribution in [2.24, 2.45) is 0 Å². The second-order valence-electron chi connectivity index (χ2n) is 8.26. The topological polar surface area (TPSA) is 84.9 Å². The van der Waals surface area contributed by atoms with Crippen LogP contribution in [0.1, 0.15) is 17.8 Å². The number of carbonyl (C=O) groups excluding carboxylic acids is 2. The van der Waals surface area contributed by atoms with Crippen LogP contribution in [-0.2, 0) is 16.1 Å². The number of hydrogen-bond acceptors (Lipinski definition) is 3. The highest BCUT2D eigenvalue weighted by Crippen LogP contribution is 2.07. The van der Waals surface area contributed by atoms with Crippen molar-refractivity contribution in [2.45, 2.75) is 26.8 Å². The summed E-state index contributed by atoms with van der Waals surface area (Å²) in [5.41, 5.74) is 2.75. The predicted molar refractivity (Wildman–Crippen MR) is 115 cm³/mol. The Balaban J connectivity index is 1.28. The van der Waals surface area contributed by atoms with E-state index in [0.717, 1.165) is 50.5 Å². The number of hydrogen-bond donors (Lipinski definition) is 4. The molecule has 0 unspecified atom stereocenters. The average Bonchev–Trinajstić information content (AvgIpc) is 3.05. The van der Waals surface area contributed by atoms with E-state index < -0.39 is 0 Å². The molecule has 0 saturated carbocycles. The van der Waals surface area contributed by atoms with Crippen LogP contribution < -0.4 is 20.4 Å². The molecule has 0 atom stereocenters. The van der Waals surface area contributed by atoms with Gasteiger partial charge in [-0.25, -0.2) is 4.39 Å². The van der Waals surface area contributed by atoms with E-state index in [1.54, 1.807) is 12.1 Å². The molecular weight excluding hydrogens is 399 g/mol. The molecule has 0 bridgehead atoms. The van der Waals surface area contributed by atoms with Crippen LogP contribution in [0.15, 0.2) is 30.3 Å². The summed E-state index contributed by atoms with van der Waals surface area (Å²) >= 11 is 0. The molecule has 168 valence electrons. The molecule has 1 aliphatic rings. The fourth-order valence-corrected chi connectivity index (χ4v) is 3.92. The third kappa shape index (κ3) is 7.45. The summed E-state index contributed by atoms with van der Waals surface area (Å²) in [6, 6.07) is 7.82. The van der Waals surface area contributed by atoms with Gasteiger partial charge in [-0.3, -0.25) is 14.3 Å². The minimum Gasteiger partial charge on any atom is -0.351 e. The Kier molecular flexibility index (Phi) is 8.13. The van der Waals surface area contributed by atoms with Crippen LogP contribution in [0.2, 0.25) is 0 Å². The molecule has 3 rings (SSSR count).